The van der Waals surface area contributed by atoms with Crippen molar-refractivity contribution in [3.63, 3.8) is 0 Å². The quantitative estimate of drug-likeness (QED) is 0.894. The second kappa shape index (κ2) is 6.27. The van der Waals surface area contributed by atoms with Gasteiger partial charge in [-0.05, 0) is 17.5 Å². The van der Waals surface area contributed by atoms with Gasteiger partial charge in [0.2, 0.25) is 0 Å². The molecule has 1 aromatic rings. The van der Waals surface area contributed by atoms with Crippen molar-refractivity contribution >= 4 is 12.2 Å². The van der Waals surface area contributed by atoms with Crippen molar-refractivity contribution in [2.45, 2.75) is 12.5 Å². The van der Waals surface area contributed by atoms with Crippen LogP contribution in [0.25, 0.3) is 0 Å². The molecule has 1 aromatic carbocycles. The molecule has 108 valence electrons. The van der Waals surface area contributed by atoms with Gasteiger partial charge in [-0.25, -0.2) is 9.59 Å². The average Bonchev–Trinajstić information content (AvgIpc) is 2.51. The predicted molar refractivity (Wildman–Crippen MR) is 72.4 cm³/mol. The first-order valence-corrected chi connectivity index (χ1v) is 6.41. The molecular weight excluding hydrogens is 260 g/mol. The van der Waals surface area contributed by atoms with Crippen molar-refractivity contribution in [3.8, 4) is 0 Å². The number of benzene rings is 1. The fraction of sp³-hybridized carbons (Fsp3) is 0.429. The van der Waals surface area contributed by atoms with Crippen LogP contribution in [0, 0.1) is 0 Å². The van der Waals surface area contributed by atoms with Gasteiger partial charge in [0.25, 0.3) is 0 Å². The average molecular weight is 278 g/mol. The van der Waals surface area contributed by atoms with Crippen molar-refractivity contribution in [2.75, 3.05) is 27.3 Å². The summed E-state index contributed by atoms with van der Waals surface area (Å²) in [6.45, 7) is 0.857. The number of rotatable bonds is 2. The normalized spacial score (nSPS) is 17.1. The highest BCUT2D eigenvalue weighted by molar-refractivity contribution is 5.70. The van der Waals surface area contributed by atoms with E-state index in [9.17, 15) is 9.59 Å². The molecule has 20 heavy (non-hydrogen) atoms. The number of fused-ring (bicyclic) bond motifs is 1. The minimum absolute atomic E-state index is 0.244. The summed E-state index contributed by atoms with van der Waals surface area (Å²) in [6, 6.07) is 7.65. The Hall–Kier alpha value is -2.24. The third-order valence-electron chi connectivity index (χ3n) is 3.45. The van der Waals surface area contributed by atoms with Crippen molar-refractivity contribution in [1.82, 2.24) is 10.2 Å². The van der Waals surface area contributed by atoms with E-state index < -0.39 is 12.2 Å². The van der Waals surface area contributed by atoms with Gasteiger partial charge in [-0.3, -0.25) is 4.90 Å². The smallest absolute Gasteiger partial charge is 0.410 e. The van der Waals surface area contributed by atoms with E-state index in [1.54, 1.807) is 4.90 Å². The topological polar surface area (TPSA) is 67.9 Å². The predicted octanol–water partition coefficient (Wildman–Crippen LogP) is 1.71. The first-order valence-electron chi connectivity index (χ1n) is 6.41. The Morgan fingerprint density at radius 3 is 2.75 bits per heavy atom. The van der Waals surface area contributed by atoms with E-state index in [0.29, 0.717) is 13.1 Å². The van der Waals surface area contributed by atoms with Crippen molar-refractivity contribution in [2.24, 2.45) is 0 Å². The number of methoxy groups -OCH3 is 2. The fourth-order valence-corrected chi connectivity index (χ4v) is 2.46. The number of nitrogens with one attached hydrogen (secondary N) is 1. The van der Waals surface area contributed by atoms with Crippen LogP contribution in [0.3, 0.4) is 0 Å². The minimum Gasteiger partial charge on any atom is -0.453 e. The number of amides is 2. The number of hydrogen-bond donors (Lipinski definition) is 1. The van der Waals surface area contributed by atoms with E-state index in [1.165, 1.54) is 19.8 Å². The minimum atomic E-state index is -0.516. The van der Waals surface area contributed by atoms with Gasteiger partial charge in [-0.15, -0.1) is 0 Å². The summed E-state index contributed by atoms with van der Waals surface area (Å²) in [5, 5.41) is 2.64. The monoisotopic (exact) mass is 278 g/mol. The molecule has 2 rings (SSSR count). The summed E-state index contributed by atoms with van der Waals surface area (Å²) >= 11 is 0. The Morgan fingerprint density at radius 2 is 2.05 bits per heavy atom. The molecule has 1 N–H and O–H groups in total. The van der Waals surface area contributed by atoms with Gasteiger partial charge in [-0.2, -0.15) is 0 Å². The van der Waals surface area contributed by atoms with E-state index in [1.807, 2.05) is 24.3 Å². The molecule has 0 spiro atoms. The highest BCUT2D eigenvalue weighted by atomic mass is 16.5. The third kappa shape index (κ3) is 2.84. The van der Waals surface area contributed by atoms with E-state index in [4.69, 9.17) is 4.74 Å². The third-order valence-corrected chi connectivity index (χ3v) is 3.45. The zero-order valence-corrected chi connectivity index (χ0v) is 11.6. The van der Waals surface area contributed by atoms with Crippen LogP contribution in [0.1, 0.15) is 17.2 Å². The second-order valence-corrected chi connectivity index (χ2v) is 4.50. The van der Waals surface area contributed by atoms with Crippen LogP contribution >= 0.6 is 0 Å². The summed E-state index contributed by atoms with van der Waals surface area (Å²) < 4.78 is 9.38. The number of carbonyl (C=O) groups excluding carboxylic acids is 2. The Morgan fingerprint density at radius 1 is 1.30 bits per heavy atom. The molecule has 0 saturated heterocycles. The largest absolute Gasteiger partial charge is 0.453 e. The molecule has 0 aromatic heterocycles. The lowest BCUT2D eigenvalue weighted by molar-refractivity contribution is 0.0987. The van der Waals surface area contributed by atoms with E-state index >= 15 is 0 Å². The van der Waals surface area contributed by atoms with Crippen LogP contribution < -0.4 is 5.32 Å². The van der Waals surface area contributed by atoms with Crippen molar-refractivity contribution in [3.05, 3.63) is 35.4 Å². The van der Waals surface area contributed by atoms with Crippen LogP contribution in [0.2, 0.25) is 0 Å². The summed E-state index contributed by atoms with van der Waals surface area (Å²) in [4.78, 5) is 24.7. The van der Waals surface area contributed by atoms with Gasteiger partial charge >= 0.3 is 12.2 Å². The maximum atomic E-state index is 11.9. The molecule has 6 nitrogen and oxygen atoms in total. The lowest BCUT2D eigenvalue weighted by Crippen LogP contribution is -2.45. The SMILES string of the molecule is COC(=O)NCC1c2ccccc2CCN1C(=O)OC. The maximum Gasteiger partial charge on any atom is 0.410 e. The molecule has 1 aliphatic rings. The zero-order valence-electron chi connectivity index (χ0n) is 11.6. The molecule has 0 fully saturated rings. The molecule has 0 saturated carbocycles. The number of hydrogen-bond acceptors (Lipinski definition) is 4. The Balaban J connectivity index is 2.23. The lowest BCUT2D eigenvalue weighted by Gasteiger charge is -2.36. The molecule has 0 radical (unpaired) electrons. The Labute approximate surface area is 117 Å². The van der Waals surface area contributed by atoms with E-state index in [0.717, 1.165) is 12.0 Å². The highest BCUT2D eigenvalue weighted by Crippen LogP contribution is 2.29. The van der Waals surface area contributed by atoms with Crippen LogP contribution in [-0.4, -0.2) is 44.4 Å². The Bertz CT molecular complexity index is 504. The standard InChI is InChI=1S/C14H18N2O4/c1-19-13(17)15-9-12-11-6-4-3-5-10(11)7-8-16(12)14(18)20-2/h3-6,12H,7-9H2,1-2H3,(H,15,17). The molecule has 2 amide bonds. The molecule has 1 heterocycles. The molecule has 0 bridgehead atoms. The van der Waals surface area contributed by atoms with Crippen LogP contribution in [0.4, 0.5) is 9.59 Å². The van der Waals surface area contributed by atoms with Gasteiger partial charge in [-0.1, -0.05) is 24.3 Å². The fourth-order valence-electron chi connectivity index (χ4n) is 2.46. The van der Waals surface area contributed by atoms with Crippen molar-refractivity contribution in [1.29, 1.82) is 0 Å². The van der Waals surface area contributed by atoms with Crippen LogP contribution in [-0.2, 0) is 15.9 Å². The molecule has 6 heteroatoms. The molecule has 0 aliphatic carbocycles. The second-order valence-electron chi connectivity index (χ2n) is 4.50. The number of nitrogens with zero attached hydrogens (tertiary/aromatic N) is 1. The van der Waals surface area contributed by atoms with E-state index in [-0.39, 0.29) is 6.04 Å². The van der Waals surface area contributed by atoms with Gasteiger partial charge in [0.1, 0.15) is 0 Å². The van der Waals surface area contributed by atoms with Crippen LogP contribution in [0.15, 0.2) is 24.3 Å². The molecule has 1 aliphatic heterocycles. The first-order chi connectivity index (χ1) is 9.67. The maximum absolute atomic E-state index is 11.9. The summed E-state index contributed by atoms with van der Waals surface area (Å²) in [6.07, 6.45) is -0.131. The first kappa shape index (κ1) is 14.2. The number of carbonyl (C=O) groups is 2. The van der Waals surface area contributed by atoms with Crippen molar-refractivity contribution < 1.29 is 19.1 Å². The summed E-state index contributed by atoms with van der Waals surface area (Å²) in [7, 11) is 2.66. The van der Waals surface area contributed by atoms with Gasteiger partial charge in [0.05, 0.1) is 20.3 Å². The highest BCUT2D eigenvalue weighted by Gasteiger charge is 2.31. The van der Waals surface area contributed by atoms with Crippen LogP contribution in [0.5, 0.6) is 0 Å². The number of alkyl carbamates (subject to hydrolysis) is 1. The summed E-state index contributed by atoms with van der Waals surface area (Å²) in [5.74, 6) is 0. The molecular formula is C14H18N2O4. The van der Waals surface area contributed by atoms with Gasteiger partial charge in [0, 0.05) is 13.1 Å². The Kier molecular flexibility index (Phi) is 4.45. The molecule has 1 unspecified atom stereocenters. The molecule has 1 atom stereocenters. The lowest BCUT2D eigenvalue weighted by atomic mass is 9.93. The van der Waals surface area contributed by atoms with E-state index in [2.05, 4.69) is 10.1 Å². The van der Waals surface area contributed by atoms with Gasteiger partial charge < -0.3 is 14.8 Å². The summed E-state index contributed by atoms with van der Waals surface area (Å²) in [5.41, 5.74) is 2.21. The zero-order chi connectivity index (χ0) is 14.5. The number of ether oxygens (including phenoxy) is 2. The van der Waals surface area contributed by atoms with Gasteiger partial charge in [0.15, 0.2) is 0 Å².